The van der Waals surface area contributed by atoms with Crippen molar-refractivity contribution in [3.05, 3.63) is 17.8 Å². The topological polar surface area (TPSA) is 96.8 Å². The number of ether oxygens (including phenoxy) is 1. The SMILES string of the molecule is COc1ncc(S(=O)(=O)N2[C@@H]3CC[C@@H](C3)[C@H]2CC(=O)O)cc1C. The number of sulfonamides is 1. The van der Waals surface area contributed by atoms with E-state index in [4.69, 9.17) is 9.84 Å². The Kier molecular flexibility index (Phi) is 4.05. The normalized spacial score (nSPS) is 27.3. The third-order valence-corrected chi connectivity index (χ3v) is 6.78. The first kappa shape index (κ1) is 16.2. The molecule has 1 aliphatic carbocycles. The zero-order valence-electron chi connectivity index (χ0n) is 13.1. The first-order valence-corrected chi connectivity index (χ1v) is 9.04. The van der Waals surface area contributed by atoms with Crippen LogP contribution in [-0.4, -0.2) is 48.0 Å². The number of carboxylic acid groups (broad SMARTS) is 1. The van der Waals surface area contributed by atoms with Crippen molar-refractivity contribution >= 4 is 16.0 Å². The fourth-order valence-electron chi connectivity index (χ4n) is 3.87. The Morgan fingerprint density at radius 1 is 1.48 bits per heavy atom. The quantitative estimate of drug-likeness (QED) is 0.870. The molecule has 2 heterocycles. The Morgan fingerprint density at radius 3 is 2.83 bits per heavy atom. The lowest BCUT2D eigenvalue weighted by Crippen LogP contribution is -2.45. The summed E-state index contributed by atoms with van der Waals surface area (Å²) in [7, 11) is -2.28. The van der Waals surface area contributed by atoms with Crippen molar-refractivity contribution in [3.63, 3.8) is 0 Å². The van der Waals surface area contributed by atoms with E-state index < -0.39 is 22.0 Å². The Bertz CT molecular complexity index is 733. The lowest BCUT2D eigenvalue weighted by atomic mass is 9.97. The number of aromatic nitrogens is 1. The van der Waals surface area contributed by atoms with Crippen LogP contribution in [-0.2, 0) is 14.8 Å². The summed E-state index contributed by atoms with van der Waals surface area (Å²) in [4.78, 5) is 15.3. The van der Waals surface area contributed by atoms with Crippen LogP contribution in [0, 0.1) is 12.8 Å². The van der Waals surface area contributed by atoms with Gasteiger partial charge in [-0.25, -0.2) is 13.4 Å². The lowest BCUT2D eigenvalue weighted by Gasteiger charge is -2.33. The van der Waals surface area contributed by atoms with Crippen LogP contribution in [0.25, 0.3) is 0 Å². The van der Waals surface area contributed by atoms with Gasteiger partial charge in [-0.05, 0) is 38.2 Å². The number of piperidine rings is 1. The van der Waals surface area contributed by atoms with Crippen LogP contribution in [0.4, 0.5) is 0 Å². The average Bonchev–Trinajstić information content (AvgIpc) is 3.07. The summed E-state index contributed by atoms with van der Waals surface area (Å²) in [5.74, 6) is -0.445. The van der Waals surface area contributed by atoms with Gasteiger partial charge in [-0.15, -0.1) is 0 Å². The van der Waals surface area contributed by atoms with Gasteiger partial charge in [0.2, 0.25) is 15.9 Å². The fraction of sp³-hybridized carbons (Fsp3) is 0.600. The Hall–Kier alpha value is -1.67. The van der Waals surface area contributed by atoms with Crippen molar-refractivity contribution in [2.75, 3.05) is 7.11 Å². The molecule has 1 aliphatic heterocycles. The number of rotatable bonds is 5. The number of carbonyl (C=O) groups is 1. The van der Waals surface area contributed by atoms with Crippen LogP contribution in [0.15, 0.2) is 17.2 Å². The van der Waals surface area contributed by atoms with E-state index >= 15 is 0 Å². The summed E-state index contributed by atoms with van der Waals surface area (Å²) in [6.07, 6.45) is 3.57. The van der Waals surface area contributed by atoms with Crippen molar-refractivity contribution in [2.24, 2.45) is 5.92 Å². The fourth-order valence-corrected chi connectivity index (χ4v) is 5.82. The summed E-state index contributed by atoms with van der Waals surface area (Å²) in [5.41, 5.74) is 0.632. The molecule has 0 unspecified atom stereocenters. The largest absolute Gasteiger partial charge is 0.481 e. The predicted molar refractivity (Wildman–Crippen MR) is 81.7 cm³/mol. The number of fused-ring (bicyclic) bond motifs is 2. The molecule has 126 valence electrons. The molecular formula is C15H20N2O5S. The molecule has 1 aromatic rings. The summed E-state index contributed by atoms with van der Waals surface area (Å²) < 4.78 is 32.5. The van der Waals surface area contributed by atoms with Gasteiger partial charge in [-0.1, -0.05) is 0 Å². The maximum Gasteiger partial charge on any atom is 0.304 e. The van der Waals surface area contributed by atoms with Gasteiger partial charge in [0.25, 0.3) is 0 Å². The van der Waals surface area contributed by atoms with Crippen LogP contribution >= 0.6 is 0 Å². The second-order valence-corrected chi connectivity index (χ2v) is 8.07. The summed E-state index contributed by atoms with van der Waals surface area (Å²) in [6, 6.07) is 0.973. The second-order valence-electron chi connectivity index (χ2n) is 6.22. The molecule has 0 aromatic carbocycles. The van der Waals surface area contributed by atoms with Gasteiger partial charge >= 0.3 is 5.97 Å². The van der Waals surface area contributed by atoms with Crippen LogP contribution < -0.4 is 4.74 Å². The predicted octanol–water partition coefficient (Wildman–Crippen LogP) is 1.41. The van der Waals surface area contributed by atoms with Crippen LogP contribution in [0.5, 0.6) is 5.88 Å². The molecule has 1 saturated heterocycles. The molecule has 0 amide bonds. The van der Waals surface area contributed by atoms with Gasteiger partial charge in [-0.2, -0.15) is 4.31 Å². The molecule has 0 radical (unpaired) electrons. The van der Waals surface area contributed by atoms with E-state index in [9.17, 15) is 13.2 Å². The summed E-state index contributed by atoms with van der Waals surface area (Å²) >= 11 is 0. The molecule has 23 heavy (non-hydrogen) atoms. The molecule has 1 N–H and O–H groups in total. The summed E-state index contributed by atoms with van der Waals surface area (Å²) in [5, 5.41) is 9.12. The number of hydrogen-bond donors (Lipinski definition) is 1. The molecule has 1 aromatic heterocycles. The van der Waals surface area contributed by atoms with Crippen molar-refractivity contribution in [2.45, 2.75) is 49.6 Å². The third kappa shape index (κ3) is 2.70. The first-order chi connectivity index (χ1) is 10.8. The van der Waals surface area contributed by atoms with E-state index in [-0.39, 0.29) is 23.3 Å². The van der Waals surface area contributed by atoms with Crippen LogP contribution in [0.3, 0.4) is 0 Å². The van der Waals surface area contributed by atoms with Gasteiger partial charge in [0.1, 0.15) is 4.90 Å². The Balaban J connectivity index is 1.97. The maximum atomic E-state index is 13.0. The highest BCUT2D eigenvalue weighted by atomic mass is 32.2. The van der Waals surface area contributed by atoms with Gasteiger partial charge in [0.15, 0.2) is 0 Å². The first-order valence-electron chi connectivity index (χ1n) is 7.60. The molecule has 0 spiro atoms. The smallest absolute Gasteiger partial charge is 0.304 e. The average molecular weight is 340 g/mol. The van der Waals surface area contributed by atoms with Gasteiger partial charge in [0.05, 0.1) is 19.7 Å². The van der Waals surface area contributed by atoms with Crippen molar-refractivity contribution in [1.29, 1.82) is 0 Å². The summed E-state index contributed by atoms with van der Waals surface area (Å²) in [6.45, 7) is 1.73. The van der Waals surface area contributed by atoms with Gasteiger partial charge in [0, 0.05) is 17.6 Å². The lowest BCUT2D eigenvalue weighted by molar-refractivity contribution is -0.138. The van der Waals surface area contributed by atoms with E-state index in [1.807, 2.05) is 0 Å². The van der Waals surface area contributed by atoms with E-state index in [1.54, 1.807) is 6.92 Å². The van der Waals surface area contributed by atoms with E-state index in [0.717, 1.165) is 19.3 Å². The highest BCUT2D eigenvalue weighted by Gasteiger charge is 2.52. The minimum absolute atomic E-state index is 0.0961. The molecule has 7 nitrogen and oxygen atoms in total. The number of hydrogen-bond acceptors (Lipinski definition) is 5. The molecular weight excluding hydrogens is 320 g/mol. The van der Waals surface area contributed by atoms with E-state index in [2.05, 4.69) is 4.98 Å². The molecule has 3 atom stereocenters. The van der Waals surface area contributed by atoms with Gasteiger partial charge in [-0.3, -0.25) is 4.79 Å². The monoisotopic (exact) mass is 340 g/mol. The minimum Gasteiger partial charge on any atom is -0.481 e. The van der Waals surface area contributed by atoms with Crippen molar-refractivity contribution in [3.8, 4) is 5.88 Å². The number of aliphatic carboxylic acids is 1. The zero-order chi connectivity index (χ0) is 16.8. The van der Waals surface area contributed by atoms with E-state index in [1.165, 1.54) is 23.7 Å². The number of carboxylic acids is 1. The standard InChI is InChI=1S/C15H20N2O5S/c1-9-5-12(8-16-15(9)22-2)23(20,21)17-11-4-3-10(6-11)13(17)7-14(18)19/h5,8,10-11,13H,3-4,6-7H2,1-2H3,(H,18,19)/t10-,11+,13+/m0/s1. The number of methoxy groups -OCH3 is 1. The highest BCUT2D eigenvalue weighted by molar-refractivity contribution is 7.89. The maximum absolute atomic E-state index is 13.0. The van der Waals surface area contributed by atoms with Crippen LogP contribution in [0.1, 0.15) is 31.2 Å². The Labute approximate surface area is 135 Å². The zero-order valence-corrected chi connectivity index (χ0v) is 13.9. The highest BCUT2D eigenvalue weighted by Crippen LogP contribution is 2.46. The molecule has 2 bridgehead atoms. The molecule has 8 heteroatoms. The molecule has 2 aliphatic rings. The van der Waals surface area contributed by atoms with Crippen molar-refractivity contribution < 1.29 is 23.1 Å². The molecule has 3 rings (SSSR count). The Morgan fingerprint density at radius 2 is 2.22 bits per heavy atom. The minimum atomic E-state index is -3.76. The van der Waals surface area contributed by atoms with Gasteiger partial charge < -0.3 is 9.84 Å². The molecule has 2 fully saturated rings. The number of nitrogens with zero attached hydrogens (tertiary/aromatic N) is 2. The van der Waals surface area contributed by atoms with Crippen LogP contribution in [0.2, 0.25) is 0 Å². The number of aryl methyl sites for hydroxylation is 1. The number of pyridine rings is 1. The molecule has 1 saturated carbocycles. The van der Waals surface area contributed by atoms with Crippen molar-refractivity contribution in [1.82, 2.24) is 9.29 Å². The van der Waals surface area contributed by atoms with E-state index in [0.29, 0.717) is 11.4 Å². The third-order valence-electron chi connectivity index (χ3n) is 4.83. The second kappa shape index (κ2) is 5.76.